The number of halogens is 1. The summed E-state index contributed by atoms with van der Waals surface area (Å²) in [4.78, 5) is 4.44. The highest BCUT2D eigenvalue weighted by molar-refractivity contribution is 5.46. The molecule has 0 aliphatic carbocycles. The Morgan fingerprint density at radius 1 is 1.29 bits per heavy atom. The lowest BCUT2D eigenvalue weighted by molar-refractivity contribution is -0.0473. The molecule has 4 nitrogen and oxygen atoms in total. The molecule has 132 valence electrons. The summed E-state index contributed by atoms with van der Waals surface area (Å²) in [6.45, 7) is 8.08. The van der Waals surface area contributed by atoms with Crippen molar-refractivity contribution in [3.8, 4) is 12.3 Å². The number of terminal acetylenes is 1. The van der Waals surface area contributed by atoms with Crippen molar-refractivity contribution in [1.82, 2.24) is 4.90 Å². The molecule has 1 aromatic carbocycles. The Hall–Kier alpha value is -1.61. The minimum absolute atomic E-state index is 0.216. The van der Waals surface area contributed by atoms with Gasteiger partial charge in [0.05, 0.1) is 12.7 Å². The van der Waals surface area contributed by atoms with Gasteiger partial charge in [0.15, 0.2) is 0 Å². The molecule has 0 radical (unpaired) electrons. The first-order valence-corrected chi connectivity index (χ1v) is 8.48. The molecular weight excluding hydrogens is 307 g/mol. The second kappa shape index (κ2) is 8.48. The Bertz CT molecular complexity index is 549. The van der Waals surface area contributed by atoms with Crippen LogP contribution in [0.3, 0.4) is 0 Å². The molecule has 1 heterocycles. The van der Waals surface area contributed by atoms with E-state index in [1.165, 1.54) is 12.1 Å². The number of rotatable bonds is 7. The van der Waals surface area contributed by atoms with Gasteiger partial charge in [-0.25, -0.2) is 4.39 Å². The average Bonchev–Trinajstić information content (AvgIpc) is 2.61. The van der Waals surface area contributed by atoms with Gasteiger partial charge in [0.1, 0.15) is 11.4 Å². The summed E-state index contributed by atoms with van der Waals surface area (Å²) in [5, 5.41) is 10.2. The van der Waals surface area contributed by atoms with Gasteiger partial charge < -0.3 is 14.7 Å². The molecule has 0 bridgehead atoms. The van der Waals surface area contributed by atoms with Crippen molar-refractivity contribution in [2.24, 2.45) is 0 Å². The lowest BCUT2D eigenvalue weighted by atomic mass is 10.1. The summed E-state index contributed by atoms with van der Waals surface area (Å²) in [6, 6.07) is 6.58. The first-order valence-electron chi connectivity index (χ1n) is 8.48. The molecule has 5 heteroatoms. The SMILES string of the molecule is C#CC(C)(CC)OCC(O)CN1CCN(c2ccc(F)cc2)CC1. The Labute approximate surface area is 144 Å². The molecule has 0 spiro atoms. The van der Waals surface area contributed by atoms with Crippen molar-refractivity contribution in [3.05, 3.63) is 30.1 Å². The molecule has 1 saturated heterocycles. The zero-order valence-corrected chi connectivity index (χ0v) is 14.5. The van der Waals surface area contributed by atoms with Crippen molar-refractivity contribution in [1.29, 1.82) is 0 Å². The van der Waals surface area contributed by atoms with Crippen molar-refractivity contribution in [2.75, 3.05) is 44.2 Å². The second-order valence-corrected chi connectivity index (χ2v) is 6.46. The van der Waals surface area contributed by atoms with E-state index in [1.807, 2.05) is 13.8 Å². The van der Waals surface area contributed by atoms with Crippen LogP contribution in [-0.4, -0.2) is 61.0 Å². The van der Waals surface area contributed by atoms with Crippen LogP contribution in [0, 0.1) is 18.2 Å². The van der Waals surface area contributed by atoms with E-state index in [9.17, 15) is 9.50 Å². The predicted molar refractivity (Wildman–Crippen MR) is 94.5 cm³/mol. The van der Waals surface area contributed by atoms with Crippen LogP contribution in [0.4, 0.5) is 10.1 Å². The van der Waals surface area contributed by atoms with Gasteiger partial charge in [0.25, 0.3) is 0 Å². The van der Waals surface area contributed by atoms with Crippen LogP contribution in [-0.2, 0) is 4.74 Å². The van der Waals surface area contributed by atoms with E-state index in [1.54, 1.807) is 12.1 Å². The van der Waals surface area contributed by atoms with Crippen LogP contribution in [0.5, 0.6) is 0 Å². The molecule has 1 aliphatic rings. The maximum absolute atomic E-state index is 13.0. The number of piperazine rings is 1. The van der Waals surface area contributed by atoms with Crippen LogP contribution < -0.4 is 4.90 Å². The van der Waals surface area contributed by atoms with Crippen LogP contribution in [0.1, 0.15) is 20.3 Å². The summed E-state index contributed by atoms with van der Waals surface area (Å²) < 4.78 is 18.7. The van der Waals surface area contributed by atoms with Crippen LogP contribution >= 0.6 is 0 Å². The average molecular weight is 334 g/mol. The number of β-amino-alcohol motifs (C(OH)–C–C–N with tert-alkyl or cyclic N) is 1. The fourth-order valence-corrected chi connectivity index (χ4v) is 2.72. The quantitative estimate of drug-likeness (QED) is 0.775. The lowest BCUT2D eigenvalue weighted by Gasteiger charge is -2.37. The summed E-state index contributed by atoms with van der Waals surface area (Å²) in [6.07, 6.45) is 5.63. The largest absolute Gasteiger partial charge is 0.389 e. The van der Waals surface area contributed by atoms with Crippen LogP contribution in [0.2, 0.25) is 0 Å². The molecule has 2 atom stereocenters. The van der Waals surface area contributed by atoms with E-state index in [-0.39, 0.29) is 12.4 Å². The lowest BCUT2D eigenvalue weighted by Crippen LogP contribution is -2.49. The van der Waals surface area contributed by atoms with Crippen molar-refractivity contribution < 1.29 is 14.2 Å². The van der Waals surface area contributed by atoms with E-state index in [0.717, 1.165) is 31.9 Å². The molecule has 2 rings (SSSR count). The van der Waals surface area contributed by atoms with E-state index < -0.39 is 11.7 Å². The highest BCUT2D eigenvalue weighted by Crippen LogP contribution is 2.17. The van der Waals surface area contributed by atoms with Crippen LogP contribution in [0.25, 0.3) is 0 Å². The maximum atomic E-state index is 13.0. The van der Waals surface area contributed by atoms with E-state index in [2.05, 4.69) is 15.7 Å². The normalized spacial score (nSPS) is 19.5. The monoisotopic (exact) mass is 334 g/mol. The van der Waals surface area contributed by atoms with Crippen molar-refractivity contribution in [3.63, 3.8) is 0 Å². The first kappa shape index (κ1) is 18.7. The van der Waals surface area contributed by atoms with E-state index in [4.69, 9.17) is 11.2 Å². The molecule has 0 saturated carbocycles. The molecule has 0 amide bonds. The van der Waals surface area contributed by atoms with Gasteiger partial charge in [0, 0.05) is 38.4 Å². The number of nitrogens with zero attached hydrogens (tertiary/aromatic N) is 2. The highest BCUT2D eigenvalue weighted by Gasteiger charge is 2.23. The van der Waals surface area contributed by atoms with Crippen molar-refractivity contribution >= 4 is 5.69 Å². The maximum Gasteiger partial charge on any atom is 0.125 e. The minimum atomic E-state index is -0.609. The minimum Gasteiger partial charge on any atom is -0.389 e. The van der Waals surface area contributed by atoms with Gasteiger partial charge in [-0.15, -0.1) is 6.42 Å². The number of ether oxygens (including phenoxy) is 1. The fourth-order valence-electron chi connectivity index (χ4n) is 2.72. The number of aliphatic hydroxyl groups is 1. The molecular formula is C19H27FN2O2. The number of hydrogen-bond acceptors (Lipinski definition) is 4. The predicted octanol–water partition coefficient (Wildman–Crippen LogP) is 2.13. The fraction of sp³-hybridized carbons (Fsp3) is 0.579. The summed E-state index contributed by atoms with van der Waals surface area (Å²) in [5.41, 5.74) is 0.426. The van der Waals surface area contributed by atoms with Gasteiger partial charge in [-0.3, -0.25) is 4.90 Å². The summed E-state index contributed by atoms with van der Waals surface area (Å²) in [5.74, 6) is 2.42. The number of hydrogen-bond donors (Lipinski definition) is 1. The molecule has 1 N–H and O–H groups in total. The molecule has 1 aromatic rings. The van der Waals surface area contributed by atoms with Gasteiger partial charge in [-0.05, 0) is 37.6 Å². The summed E-state index contributed by atoms with van der Waals surface area (Å²) >= 11 is 0. The molecule has 24 heavy (non-hydrogen) atoms. The Kier molecular flexibility index (Phi) is 6.61. The van der Waals surface area contributed by atoms with E-state index in [0.29, 0.717) is 13.0 Å². The van der Waals surface area contributed by atoms with E-state index >= 15 is 0 Å². The molecule has 1 aliphatic heterocycles. The first-order chi connectivity index (χ1) is 11.5. The zero-order chi connectivity index (χ0) is 17.6. The van der Waals surface area contributed by atoms with Crippen LogP contribution in [0.15, 0.2) is 24.3 Å². The van der Waals surface area contributed by atoms with Gasteiger partial charge in [0.2, 0.25) is 0 Å². The third-order valence-corrected chi connectivity index (χ3v) is 4.61. The Balaban J connectivity index is 1.74. The smallest absolute Gasteiger partial charge is 0.125 e. The number of aliphatic hydroxyl groups excluding tert-OH is 1. The van der Waals surface area contributed by atoms with Gasteiger partial charge in [-0.2, -0.15) is 0 Å². The summed E-state index contributed by atoms with van der Waals surface area (Å²) in [7, 11) is 0. The third-order valence-electron chi connectivity index (χ3n) is 4.61. The Morgan fingerprint density at radius 3 is 2.46 bits per heavy atom. The van der Waals surface area contributed by atoms with Crippen molar-refractivity contribution in [2.45, 2.75) is 32.0 Å². The molecule has 2 unspecified atom stereocenters. The molecule has 0 aromatic heterocycles. The molecule has 1 fully saturated rings. The second-order valence-electron chi connectivity index (χ2n) is 6.46. The number of benzene rings is 1. The standard InChI is InChI=1S/C19H27FN2O2/c1-4-19(3,5-2)24-15-18(23)14-21-10-12-22(13-11-21)17-8-6-16(20)7-9-17/h1,6-9,18,23H,5,10-15H2,2-3H3. The zero-order valence-electron chi connectivity index (χ0n) is 14.5. The van der Waals surface area contributed by atoms with Gasteiger partial charge in [-0.1, -0.05) is 12.8 Å². The Morgan fingerprint density at radius 2 is 1.92 bits per heavy atom. The van der Waals surface area contributed by atoms with Gasteiger partial charge >= 0.3 is 0 Å². The third kappa shape index (κ3) is 5.20. The highest BCUT2D eigenvalue weighted by atomic mass is 19.1. The number of anilines is 1. The topological polar surface area (TPSA) is 35.9 Å².